The highest BCUT2D eigenvalue weighted by molar-refractivity contribution is 7.89. The standard InChI is InChI=1S/C9H17N3O3S/c1-4-8(6-13)11-16(14,15)9-5-12(3)7(2)10-9/h5,8,11,13H,4,6H2,1-3H3/t8-/m1/s1. The van der Waals surface area contributed by atoms with Crippen molar-refractivity contribution in [3.8, 4) is 0 Å². The maximum atomic E-state index is 11.8. The van der Waals surface area contributed by atoms with Crippen LogP contribution in [0.15, 0.2) is 11.2 Å². The van der Waals surface area contributed by atoms with Crippen LogP contribution in [-0.2, 0) is 17.1 Å². The Morgan fingerprint density at radius 2 is 2.25 bits per heavy atom. The molecule has 0 saturated heterocycles. The molecule has 2 N–H and O–H groups in total. The van der Waals surface area contributed by atoms with Gasteiger partial charge < -0.3 is 9.67 Å². The molecule has 0 unspecified atom stereocenters. The van der Waals surface area contributed by atoms with Gasteiger partial charge in [-0.3, -0.25) is 0 Å². The smallest absolute Gasteiger partial charge is 0.259 e. The molecule has 0 spiro atoms. The SMILES string of the molecule is CC[C@H](CO)NS(=O)(=O)c1cn(C)c(C)n1. The minimum Gasteiger partial charge on any atom is -0.395 e. The Morgan fingerprint density at radius 3 is 2.62 bits per heavy atom. The van der Waals surface area contributed by atoms with Crippen LogP contribution in [0.2, 0.25) is 0 Å². The molecule has 0 aliphatic heterocycles. The Bertz CT molecular complexity index is 429. The first kappa shape index (κ1) is 13.1. The molecule has 0 fully saturated rings. The van der Waals surface area contributed by atoms with Gasteiger partial charge >= 0.3 is 0 Å². The van der Waals surface area contributed by atoms with E-state index in [-0.39, 0.29) is 11.6 Å². The number of aryl methyl sites for hydroxylation is 2. The third-order valence-electron chi connectivity index (χ3n) is 2.40. The summed E-state index contributed by atoms with van der Waals surface area (Å²) in [5.74, 6) is 0.623. The van der Waals surface area contributed by atoms with E-state index in [1.165, 1.54) is 6.20 Å². The van der Waals surface area contributed by atoms with E-state index in [0.29, 0.717) is 12.2 Å². The number of imidazole rings is 1. The highest BCUT2D eigenvalue weighted by atomic mass is 32.2. The average molecular weight is 247 g/mol. The van der Waals surface area contributed by atoms with Crippen LogP contribution in [0.1, 0.15) is 19.2 Å². The van der Waals surface area contributed by atoms with E-state index < -0.39 is 16.1 Å². The van der Waals surface area contributed by atoms with E-state index >= 15 is 0 Å². The average Bonchev–Trinajstić information content (AvgIpc) is 2.56. The lowest BCUT2D eigenvalue weighted by molar-refractivity contribution is 0.253. The van der Waals surface area contributed by atoms with Gasteiger partial charge in [-0.25, -0.2) is 18.1 Å². The fourth-order valence-electron chi connectivity index (χ4n) is 1.19. The van der Waals surface area contributed by atoms with Crippen LogP contribution >= 0.6 is 0 Å². The normalized spacial score (nSPS) is 14.0. The second-order valence-electron chi connectivity index (χ2n) is 3.65. The molecule has 6 nitrogen and oxygen atoms in total. The highest BCUT2D eigenvalue weighted by Gasteiger charge is 2.21. The van der Waals surface area contributed by atoms with E-state index in [2.05, 4.69) is 9.71 Å². The van der Waals surface area contributed by atoms with Gasteiger partial charge in [0.15, 0.2) is 5.03 Å². The van der Waals surface area contributed by atoms with Crippen molar-refractivity contribution in [3.63, 3.8) is 0 Å². The third-order valence-corrected chi connectivity index (χ3v) is 3.79. The molecule has 0 saturated carbocycles. The first-order valence-corrected chi connectivity index (χ1v) is 6.52. The Labute approximate surface area is 95.4 Å². The maximum absolute atomic E-state index is 11.8. The highest BCUT2D eigenvalue weighted by Crippen LogP contribution is 2.08. The fraction of sp³-hybridized carbons (Fsp3) is 0.667. The molecule has 0 aromatic carbocycles. The topological polar surface area (TPSA) is 84.2 Å². The molecule has 1 aromatic heterocycles. The quantitative estimate of drug-likeness (QED) is 0.753. The van der Waals surface area contributed by atoms with E-state index in [4.69, 9.17) is 5.11 Å². The zero-order valence-corrected chi connectivity index (χ0v) is 10.5. The summed E-state index contributed by atoms with van der Waals surface area (Å²) >= 11 is 0. The second kappa shape index (κ2) is 4.94. The van der Waals surface area contributed by atoms with Gasteiger partial charge in [0.25, 0.3) is 10.0 Å². The number of nitrogens with one attached hydrogen (secondary N) is 1. The number of hydrogen-bond acceptors (Lipinski definition) is 4. The number of rotatable bonds is 5. The van der Waals surface area contributed by atoms with Gasteiger partial charge in [-0.15, -0.1) is 0 Å². The molecule has 16 heavy (non-hydrogen) atoms. The van der Waals surface area contributed by atoms with Gasteiger partial charge in [-0.05, 0) is 13.3 Å². The lowest BCUT2D eigenvalue weighted by Crippen LogP contribution is -2.37. The van der Waals surface area contributed by atoms with E-state index in [1.807, 2.05) is 0 Å². The van der Waals surface area contributed by atoms with E-state index in [0.717, 1.165) is 0 Å². The largest absolute Gasteiger partial charge is 0.395 e. The summed E-state index contributed by atoms with van der Waals surface area (Å²) in [7, 11) is -1.90. The summed E-state index contributed by atoms with van der Waals surface area (Å²) in [6, 6.07) is -0.465. The van der Waals surface area contributed by atoms with E-state index in [9.17, 15) is 8.42 Å². The van der Waals surface area contributed by atoms with Crippen LogP contribution in [0.5, 0.6) is 0 Å². The minimum absolute atomic E-state index is 0.0144. The van der Waals surface area contributed by atoms with Crippen molar-refractivity contribution in [3.05, 3.63) is 12.0 Å². The van der Waals surface area contributed by atoms with Crippen LogP contribution in [0.3, 0.4) is 0 Å². The van der Waals surface area contributed by atoms with Crippen molar-refractivity contribution in [1.82, 2.24) is 14.3 Å². The zero-order chi connectivity index (χ0) is 12.3. The molecule has 1 atom stereocenters. The molecule has 0 radical (unpaired) electrons. The van der Waals surface area contributed by atoms with Gasteiger partial charge in [0.05, 0.1) is 6.61 Å². The second-order valence-corrected chi connectivity index (χ2v) is 5.31. The molecule has 0 aliphatic carbocycles. The summed E-state index contributed by atoms with van der Waals surface area (Å²) in [6.45, 7) is 3.30. The van der Waals surface area contributed by atoms with Crippen LogP contribution < -0.4 is 4.72 Å². The molecule has 0 aliphatic rings. The van der Waals surface area contributed by atoms with Crippen LogP contribution in [0.25, 0.3) is 0 Å². The summed E-state index contributed by atoms with van der Waals surface area (Å²) in [4.78, 5) is 3.93. The van der Waals surface area contributed by atoms with Crippen LogP contribution in [0, 0.1) is 6.92 Å². The van der Waals surface area contributed by atoms with Crippen molar-refractivity contribution >= 4 is 10.0 Å². The summed E-state index contributed by atoms with van der Waals surface area (Å²) in [5.41, 5.74) is 0. The number of aromatic nitrogens is 2. The lowest BCUT2D eigenvalue weighted by Gasteiger charge is -2.12. The third kappa shape index (κ3) is 2.81. The van der Waals surface area contributed by atoms with Crippen LogP contribution in [0.4, 0.5) is 0 Å². The molecule has 7 heteroatoms. The Morgan fingerprint density at radius 1 is 1.62 bits per heavy atom. The predicted molar refractivity (Wildman–Crippen MR) is 59.4 cm³/mol. The predicted octanol–water partition coefficient (Wildman–Crippen LogP) is -0.222. The maximum Gasteiger partial charge on any atom is 0.259 e. The van der Waals surface area contributed by atoms with E-state index in [1.54, 1.807) is 25.5 Å². The molecule has 1 heterocycles. The van der Waals surface area contributed by atoms with Crippen molar-refractivity contribution in [2.45, 2.75) is 31.3 Å². The summed E-state index contributed by atoms with van der Waals surface area (Å²) in [6.07, 6.45) is 1.98. The number of aliphatic hydroxyl groups excluding tert-OH is 1. The number of sulfonamides is 1. The van der Waals surface area contributed by atoms with Crippen molar-refractivity contribution in [1.29, 1.82) is 0 Å². The zero-order valence-electron chi connectivity index (χ0n) is 9.64. The fourth-order valence-corrected chi connectivity index (χ4v) is 2.54. The Balaban J connectivity index is 2.94. The first-order chi connectivity index (χ1) is 7.40. The van der Waals surface area contributed by atoms with Gasteiger partial charge in [0.1, 0.15) is 5.82 Å². The molecule has 0 amide bonds. The minimum atomic E-state index is -3.63. The lowest BCUT2D eigenvalue weighted by atomic mass is 10.3. The summed E-state index contributed by atoms with van der Waals surface area (Å²) in [5, 5.41) is 8.93. The molecular formula is C9H17N3O3S. The Kier molecular flexibility index (Phi) is 4.06. The Hall–Kier alpha value is -0.920. The van der Waals surface area contributed by atoms with Crippen molar-refractivity contribution < 1.29 is 13.5 Å². The number of hydrogen-bond donors (Lipinski definition) is 2. The monoisotopic (exact) mass is 247 g/mol. The first-order valence-electron chi connectivity index (χ1n) is 5.03. The molecular weight excluding hydrogens is 230 g/mol. The van der Waals surface area contributed by atoms with Gasteiger partial charge in [0, 0.05) is 19.3 Å². The van der Waals surface area contributed by atoms with Gasteiger partial charge in [-0.2, -0.15) is 0 Å². The molecule has 1 rings (SSSR count). The van der Waals surface area contributed by atoms with Crippen molar-refractivity contribution in [2.24, 2.45) is 7.05 Å². The number of aliphatic hydroxyl groups is 1. The molecule has 92 valence electrons. The summed E-state index contributed by atoms with van der Waals surface area (Å²) < 4.78 is 27.7. The van der Waals surface area contributed by atoms with Crippen LogP contribution in [-0.4, -0.2) is 35.7 Å². The van der Waals surface area contributed by atoms with Gasteiger partial charge in [-0.1, -0.05) is 6.92 Å². The van der Waals surface area contributed by atoms with Gasteiger partial charge in [0.2, 0.25) is 0 Å². The molecule has 1 aromatic rings. The molecule has 0 bridgehead atoms. The number of nitrogens with zero attached hydrogens (tertiary/aromatic N) is 2. The van der Waals surface area contributed by atoms with Crippen molar-refractivity contribution in [2.75, 3.05) is 6.61 Å².